The summed E-state index contributed by atoms with van der Waals surface area (Å²) in [7, 11) is 3.65. The second-order valence-electron chi connectivity index (χ2n) is 5.43. The average Bonchev–Trinajstić information content (AvgIpc) is 2.68. The number of hydrogen-bond donors (Lipinski definition) is 0. The van der Waals surface area contributed by atoms with Gasteiger partial charge >= 0.3 is 0 Å². The number of thioether (sulfide) groups is 1. The Hall–Kier alpha value is -1.04. The van der Waals surface area contributed by atoms with E-state index in [-0.39, 0.29) is 5.76 Å². The lowest BCUT2D eigenvalue weighted by Crippen LogP contribution is -2.19. The molecule has 0 amide bonds. The fourth-order valence-corrected chi connectivity index (χ4v) is 4.00. The first-order valence-electron chi connectivity index (χ1n) is 8.83. The summed E-state index contributed by atoms with van der Waals surface area (Å²) >= 11 is 3.40. The molecule has 150 valence electrons. The summed E-state index contributed by atoms with van der Waals surface area (Å²) in [5.74, 6) is 0.916. The molecule has 0 fully saturated rings. The molecule has 1 aromatic heterocycles. The molecule has 0 aliphatic carbocycles. The van der Waals surface area contributed by atoms with Crippen molar-refractivity contribution in [3.05, 3.63) is 47.3 Å². The lowest BCUT2D eigenvalue weighted by Gasteiger charge is -2.23. The third-order valence-corrected chi connectivity index (χ3v) is 5.97. The highest BCUT2D eigenvalue weighted by Crippen LogP contribution is 2.26. The van der Waals surface area contributed by atoms with Crippen LogP contribution in [0, 0.1) is 0 Å². The monoisotopic (exact) mass is 429 g/mol. The van der Waals surface area contributed by atoms with E-state index in [9.17, 15) is 4.39 Å². The van der Waals surface area contributed by atoms with E-state index in [0.29, 0.717) is 5.90 Å². The predicted octanol–water partition coefficient (Wildman–Crippen LogP) is 5.48. The van der Waals surface area contributed by atoms with Crippen molar-refractivity contribution in [1.29, 1.82) is 0 Å². The molecular formula is C19H29FN3OPS2. The molecule has 0 aliphatic rings. The number of aryl methyl sites for hydroxylation is 1. The second kappa shape index (κ2) is 13.2. The maximum Gasteiger partial charge on any atom is 0.227 e. The van der Waals surface area contributed by atoms with Crippen LogP contribution in [0.3, 0.4) is 0 Å². The standard InChI is InChI=1S/C19H29FN3OPS2/c1-6-15-11-16(13-22-12-15)23(27-8-3)9-10-26-17(7-2)19(21-5)24-14(4)18(20)25/h7,11-13,18H,4,6,8-10,25H2,1-3,5H3/b17-7-,21-19?. The Kier molecular flexibility index (Phi) is 11.7. The van der Waals surface area contributed by atoms with Crippen LogP contribution in [0.1, 0.15) is 26.3 Å². The summed E-state index contributed by atoms with van der Waals surface area (Å²) in [6.45, 7) is 10.6. The van der Waals surface area contributed by atoms with E-state index in [1.807, 2.05) is 34.6 Å². The quantitative estimate of drug-likeness (QED) is 0.153. The molecule has 1 heterocycles. The van der Waals surface area contributed by atoms with Gasteiger partial charge < -0.3 is 9.04 Å². The normalized spacial score (nSPS) is 13.4. The zero-order valence-corrected chi connectivity index (χ0v) is 19.2. The molecule has 0 N–H and O–H groups in total. The third-order valence-electron chi connectivity index (χ3n) is 3.52. The van der Waals surface area contributed by atoms with E-state index in [1.54, 1.807) is 30.8 Å². The number of halogens is 1. The topological polar surface area (TPSA) is 37.7 Å². The first-order chi connectivity index (χ1) is 13.0. The minimum atomic E-state index is -1.32. The van der Waals surface area contributed by atoms with Crippen LogP contribution >= 0.6 is 32.9 Å². The smallest absolute Gasteiger partial charge is 0.227 e. The zero-order valence-electron chi connectivity index (χ0n) is 16.4. The molecule has 4 nitrogen and oxygen atoms in total. The van der Waals surface area contributed by atoms with E-state index in [1.165, 1.54) is 5.56 Å². The Morgan fingerprint density at radius 2 is 2.22 bits per heavy atom. The van der Waals surface area contributed by atoms with Crippen LogP contribution in [-0.4, -0.2) is 41.9 Å². The molecule has 27 heavy (non-hydrogen) atoms. The van der Waals surface area contributed by atoms with E-state index in [4.69, 9.17) is 4.74 Å². The van der Waals surface area contributed by atoms with Gasteiger partial charge in [0.2, 0.25) is 5.90 Å². The molecule has 2 unspecified atom stereocenters. The van der Waals surface area contributed by atoms with Gasteiger partial charge in [-0.15, -0.1) is 11.8 Å². The number of anilines is 1. The summed E-state index contributed by atoms with van der Waals surface area (Å²) in [6.07, 6.45) is 6.69. The molecule has 0 radical (unpaired) electrons. The SMILES string of the molecule is C=C(OC(=NC)/C(=C/C)SCCN(SCC)c1cncc(CC)c1)C(F)P. The third kappa shape index (κ3) is 8.24. The number of nitrogens with zero attached hydrogens (tertiary/aromatic N) is 3. The molecule has 0 spiro atoms. The van der Waals surface area contributed by atoms with Crippen molar-refractivity contribution >= 4 is 44.5 Å². The number of aliphatic imine (C=N–C) groups is 1. The summed E-state index contributed by atoms with van der Waals surface area (Å²) < 4.78 is 21.0. The number of aromatic nitrogens is 1. The Balaban J connectivity index is 2.73. The van der Waals surface area contributed by atoms with Gasteiger partial charge in [-0.1, -0.05) is 47.7 Å². The van der Waals surface area contributed by atoms with Crippen LogP contribution < -0.4 is 4.31 Å². The van der Waals surface area contributed by atoms with Crippen molar-refractivity contribution in [3.8, 4) is 0 Å². The summed E-state index contributed by atoms with van der Waals surface area (Å²) in [4.78, 5) is 9.35. The van der Waals surface area contributed by atoms with Gasteiger partial charge in [0.05, 0.1) is 16.8 Å². The molecule has 8 heteroatoms. The minimum Gasteiger partial charge on any atom is -0.440 e. The summed E-state index contributed by atoms with van der Waals surface area (Å²) in [5.41, 5.74) is 2.34. The maximum absolute atomic E-state index is 13.3. The van der Waals surface area contributed by atoms with Crippen molar-refractivity contribution in [2.75, 3.05) is 29.4 Å². The molecular weight excluding hydrogens is 400 g/mol. The van der Waals surface area contributed by atoms with Gasteiger partial charge in [0.1, 0.15) is 5.76 Å². The van der Waals surface area contributed by atoms with E-state index < -0.39 is 5.91 Å². The zero-order chi connectivity index (χ0) is 20.2. The highest BCUT2D eigenvalue weighted by molar-refractivity contribution is 8.04. The van der Waals surface area contributed by atoms with Gasteiger partial charge in [0, 0.05) is 31.3 Å². The van der Waals surface area contributed by atoms with Gasteiger partial charge in [-0.2, -0.15) is 0 Å². The number of ether oxygens (including phenoxy) is 1. The first-order valence-corrected chi connectivity index (χ1v) is 11.4. The van der Waals surface area contributed by atoms with Crippen molar-refractivity contribution in [1.82, 2.24) is 4.98 Å². The maximum atomic E-state index is 13.3. The number of alkyl halides is 1. The van der Waals surface area contributed by atoms with Crippen LogP contribution in [0.4, 0.5) is 10.1 Å². The molecule has 2 atom stereocenters. The Labute approximate surface area is 173 Å². The first kappa shape index (κ1) is 24.0. The van der Waals surface area contributed by atoms with Gasteiger partial charge in [0.15, 0.2) is 5.91 Å². The fraction of sp³-hybridized carbons (Fsp3) is 0.474. The highest BCUT2D eigenvalue weighted by Gasteiger charge is 2.15. The van der Waals surface area contributed by atoms with Gasteiger partial charge in [-0.05, 0) is 25.0 Å². The molecule has 0 aliphatic heterocycles. The van der Waals surface area contributed by atoms with Gasteiger partial charge in [-0.25, -0.2) is 4.39 Å². The van der Waals surface area contributed by atoms with E-state index in [0.717, 1.165) is 35.1 Å². The number of rotatable bonds is 11. The van der Waals surface area contributed by atoms with Crippen molar-refractivity contribution in [2.24, 2.45) is 4.99 Å². The minimum absolute atomic E-state index is 0.0335. The Morgan fingerprint density at radius 3 is 2.78 bits per heavy atom. The average molecular weight is 430 g/mol. The molecule has 1 aromatic rings. The van der Waals surface area contributed by atoms with Crippen LogP contribution in [0.5, 0.6) is 0 Å². The lowest BCUT2D eigenvalue weighted by molar-refractivity contribution is 0.332. The van der Waals surface area contributed by atoms with Crippen LogP contribution in [0.25, 0.3) is 0 Å². The molecule has 0 aromatic carbocycles. The Morgan fingerprint density at radius 1 is 1.48 bits per heavy atom. The fourth-order valence-electron chi connectivity index (χ4n) is 2.12. The number of pyridine rings is 1. The number of hydrogen-bond acceptors (Lipinski definition) is 6. The molecule has 0 bridgehead atoms. The number of allylic oxidation sites excluding steroid dienone is 2. The van der Waals surface area contributed by atoms with Crippen LogP contribution in [0.2, 0.25) is 0 Å². The summed E-state index contributed by atoms with van der Waals surface area (Å²) in [5, 5.41) is 0. The van der Waals surface area contributed by atoms with Crippen LogP contribution in [0.15, 0.2) is 46.8 Å². The van der Waals surface area contributed by atoms with Crippen molar-refractivity contribution in [2.45, 2.75) is 33.1 Å². The Bertz CT molecular complexity index is 668. The van der Waals surface area contributed by atoms with Crippen molar-refractivity contribution < 1.29 is 9.13 Å². The van der Waals surface area contributed by atoms with Crippen LogP contribution in [-0.2, 0) is 11.2 Å². The van der Waals surface area contributed by atoms with Gasteiger partial charge in [-0.3, -0.25) is 9.98 Å². The molecule has 0 saturated heterocycles. The van der Waals surface area contributed by atoms with E-state index >= 15 is 0 Å². The van der Waals surface area contributed by atoms with Gasteiger partial charge in [0.25, 0.3) is 0 Å². The second-order valence-corrected chi connectivity index (χ2v) is 8.42. The molecule has 0 saturated carbocycles. The summed E-state index contributed by atoms with van der Waals surface area (Å²) in [6, 6.07) is 2.18. The molecule has 1 rings (SSSR count). The predicted molar refractivity (Wildman–Crippen MR) is 123 cm³/mol. The highest BCUT2D eigenvalue weighted by atomic mass is 32.2. The van der Waals surface area contributed by atoms with E-state index in [2.05, 4.69) is 40.8 Å². The lowest BCUT2D eigenvalue weighted by atomic mass is 10.2. The van der Waals surface area contributed by atoms with Crippen molar-refractivity contribution in [3.63, 3.8) is 0 Å². The largest absolute Gasteiger partial charge is 0.440 e.